The Bertz CT molecular complexity index is 3810. The number of piperidine rings is 2. The van der Waals surface area contributed by atoms with E-state index >= 15 is 0 Å². The largest absolute Gasteiger partial charge is 0.458 e. The van der Waals surface area contributed by atoms with Crippen molar-refractivity contribution in [1.29, 1.82) is 0 Å². The second kappa shape index (κ2) is 20.8. The number of para-hydroxylation sites is 8. The Morgan fingerprint density at radius 1 is 0.405 bits per heavy atom. The van der Waals surface area contributed by atoms with Crippen LogP contribution in [0.5, 0.6) is 23.0 Å². The lowest BCUT2D eigenvalue weighted by atomic mass is 9.79. The summed E-state index contributed by atoms with van der Waals surface area (Å²) < 4.78 is 22.6. The van der Waals surface area contributed by atoms with Gasteiger partial charge in [-0.05, 0) is 189 Å². The lowest BCUT2D eigenvalue weighted by Crippen LogP contribution is -2.59. The van der Waals surface area contributed by atoms with E-state index in [0.29, 0.717) is 34.4 Å². The van der Waals surface area contributed by atoms with Crippen LogP contribution in [0.2, 0.25) is 0 Å². The van der Waals surface area contributed by atoms with E-state index in [1.165, 1.54) is 24.2 Å². The molecule has 10 nitrogen and oxygen atoms in total. The summed E-state index contributed by atoms with van der Waals surface area (Å²) in [6.07, 6.45) is 18.2. The average Bonchev–Trinajstić information content (AvgIpc) is 3.35. The van der Waals surface area contributed by atoms with Gasteiger partial charge in [0.05, 0.1) is 67.6 Å². The van der Waals surface area contributed by atoms with Crippen LogP contribution in [0, 0.1) is 12.7 Å². The van der Waals surface area contributed by atoms with E-state index in [0.717, 1.165) is 81.6 Å². The fraction of sp³-hybridized carbons (Fsp3) is 0.351. The van der Waals surface area contributed by atoms with Gasteiger partial charge in [-0.2, -0.15) is 0 Å². The van der Waals surface area contributed by atoms with Crippen LogP contribution in [0.1, 0.15) is 147 Å². The highest BCUT2D eigenvalue weighted by atomic mass is 16.5. The maximum Gasteiger partial charge on any atom is 0.269 e. The Hall–Kier alpha value is -8.24. The van der Waals surface area contributed by atoms with Gasteiger partial charge >= 0.3 is 0 Å². The minimum atomic E-state index is -0.185. The summed E-state index contributed by atoms with van der Waals surface area (Å²) in [5, 5.41) is 0. The Morgan fingerprint density at radius 3 is 1.12 bits per heavy atom. The number of ether oxygens (including phenoxy) is 2. The molecule has 4 aromatic heterocycles. The number of nitrogens with zero attached hydrogens (tertiary/aromatic N) is 8. The molecule has 10 aromatic rings. The van der Waals surface area contributed by atoms with Crippen LogP contribution in [-0.4, -0.2) is 41.3 Å². The molecule has 84 heavy (non-hydrogen) atoms. The quantitative estimate of drug-likeness (QED) is 0.0950. The number of aromatic nitrogens is 6. The van der Waals surface area contributed by atoms with Gasteiger partial charge in [-0.15, -0.1) is 0 Å². The predicted octanol–water partition coefficient (Wildman–Crippen LogP) is 17.5. The number of hydrogen-bond acceptors (Lipinski definition) is 6. The fourth-order valence-corrected chi connectivity index (χ4v) is 13.8. The number of imidazole rings is 2. The van der Waals surface area contributed by atoms with E-state index < -0.39 is 0 Å². The molecule has 2 saturated heterocycles. The number of fused-ring (bicyclic) bond motifs is 2. The van der Waals surface area contributed by atoms with Crippen molar-refractivity contribution in [3.05, 3.63) is 194 Å². The Balaban J connectivity index is 0.865. The molecule has 6 heterocycles. The van der Waals surface area contributed by atoms with Gasteiger partial charge in [0.15, 0.2) is 0 Å². The monoisotopic (exact) mass is 1110 g/mol. The minimum Gasteiger partial charge on any atom is -0.458 e. The Morgan fingerprint density at radius 2 is 0.750 bits per heavy atom. The van der Waals surface area contributed by atoms with Crippen LogP contribution in [-0.2, 0) is 10.8 Å². The first-order valence-corrected chi connectivity index (χ1v) is 30.1. The predicted molar refractivity (Wildman–Crippen MR) is 341 cm³/mol. The van der Waals surface area contributed by atoms with Gasteiger partial charge in [-0.25, -0.2) is 0 Å². The lowest BCUT2D eigenvalue weighted by Gasteiger charge is -2.55. The van der Waals surface area contributed by atoms with Gasteiger partial charge < -0.3 is 19.3 Å². The van der Waals surface area contributed by atoms with Crippen molar-refractivity contribution in [3.8, 4) is 57.1 Å². The zero-order valence-electron chi connectivity index (χ0n) is 51.8. The smallest absolute Gasteiger partial charge is 0.269 e. The molecule has 10 heteroatoms. The lowest BCUT2D eigenvalue weighted by molar-refractivity contribution is -0.572. The number of anilines is 2. The van der Waals surface area contributed by atoms with Crippen LogP contribution in [0.4, 0.5) is 11.4 Å². The third kappa shape index (κ3) is 10.6. The van der Waals surface area contributed by atoms with E-state index in [1.54, 1.807) is 12.4 Å². The average molecular weight is 1120 g/mol. The van der Waals surface area contributed by atoms with Crippen molar-refractivity contribution in [2.75, 3.05) is 9.80 Å². The summed E-state index contributed by atoms with van der Waals surface area (Å²) >= 11 is 0. The Labute approximate surface area is 498 Å². The molecule has 2 fully saturated rings. The standard InChI is InChI=1S/C74H82N8O2/c1-69(2,3)51-41-53(77-49-79(63-27-17-15-25-61(63)77)65-29-19-21-31-67(65)81-71(7,8)35-23-36-72(81,9)10)45-57(43-51)83-55-33-39-75-59(47-55)60-48-56(34-40-76-60)84-58-44-52(70(4,5)6)42-54(46-58)78-50-80(64-28-18-16-26-62(64)78)66-30-20-22-32-68(66)82-73(11,12)37-24-38-74(82,13)14/h15-22,25-34,39-48H,23-24,35-38H2,1-14H3. The fourth-order valence-electron chi connectivity index (χ4n) is 13.8. The number of pyridine rings is 2. The normalized spacial score (nSPS) is 16.7. The van der Waals surface area contributed by atoms with Crippen LogP contribution in [0.15, 0.2) is 170 Å². The summed E-state index contributed by atoms with van der Waals surface area (Å²) in [5.74, 6) is 2.70. The SMILES string of the molecule is CC(C)(C)c1cc(Oc2ccnc(-c3cc(Oc4cc(-[n+]5[c-]n(-c6ccccc6N6C(C)(C)CCCC6(C)C)c6ccccc65)cc(C(C)(C)C)c4)ccn3)c2)cc(-[n+]2[c-]n(-c3ccccc3N3C(C)(C)CCCC3(C)C)c3ccccc32)c1. The van der Waals surface area contributed by atoms with Crippen molar-refractivity contribution in [1.82, 2.24) is 19.1 Å². The van der Waals surface area contributed by atoms with Crippen LogP contribution >= 0.6 is 0 Å². The molecular formula is C74H82N8O2. The number of benzene rings is 6. The van der Waals surface area contributed by atoms with E-state index in [9.17, 15) is 0 Å². The third-order valence-electron chi connectivity index (χ3n) is 17.7. The first-order valence-electron chi connectivity index (χ1n) is 30.1. The molecule has 2 aliphatic rings. The van der Waals surface area contributed by atoms with Crippen LogP contribution < -0.4 is 28.4 Å². The van der Waals surface area contributed by atoms with E-state index in [1.807, 2.05) is 24.3 Å². The van der Waals surface area contributed by atoms with Gasteiger partial charge in [0.2, 0.25) is 0 Å². The van der Waals surface area contributed by atoms with E-state index in [4.69, 9.17) is 19.4 Å². The van der Waals surface area contributed by atoms with Gasteiger partial charge in [-0.3, -0.25) is 28.2 Å². The zero-order valence-corrected chi connectivity index (χ0v) is 51.8. The van der Waals surface area contributed by atoms with Crippen molar-refractivity contribution >= 4 is 33.4 Å². The summed E-state index contributed by atoms with van der Waals surface area (Å²) in [6.45, 7) is 32.5. The summed E-state index contributed by atoms with van der Waals surface area (Å²) in [4.78, 5) is 15.0. The summed E-state index contributed by atoms with van der Waals surface area (Å²) in [6, 6.07) is 55.6. The van der Waals surface area contributed by atoms with Crippen LogP contribution in [0.25, 0.3) is 56.2 Å². The molecule has 0 amide bonds. The molecule has 0 atom stereocenters. The topological polar surface area (TPSA) is 68.3 Å². The summed E-state index contributed by atoms with van der Waals surface area (Å²) in [5.41, 5.74) is 13.9. The molecule has 0 N–H and O–H groups in total. The maximum atomic E-state index is 6.88. The highest BCUT2D eigenvalue weighted by Crippen LogP contribution is 2.47. The van der Waals surface area contributed by atoms with Crippen LogP contribution in [0.3, 0.4) is 0 Å². The molecular weight excluding hydrogens is 1030 g/mol. The van der Waals surface area contributed by atoms with Gasteiger partial charge in [-0.1, -0.05) is 114 Å². The maximum absolute atomic E-state index is 6.88. The van der Waals surface area contributed by atoms with E-state index in [-0.39, 0.29) is 33.0 Å². The highest BCUT2D eigenvalue weighted by Gasteiger charge is 2.44. The molecule has 12 rings (SSSR count). The first-order chi connectivity index (χ1) is 39.8. The Kier molecular flexibility index (Phi) is 13.9. The van der Waals surface area contributed by atoms with Gasteiger partial charge in [0, 0.05) is 46.7 Å². The molecule has 0 aliphatic carbocycles. The number of rotatable bonds is 11. The van der Waals surface area contributed by atoms with Crippen molar-refractivity contribution in [2.45, 2.75) is 168 Å². The van der Waals surface area contributed by atoms with Crippen molar-refractivity contribution < 1.29 is 18.6 Å². The summed E-state index contributed by atoms with van der Waals surface area (Å²) in [7, 11) is 0. The zero-order chi connectivity index (χ0) is 59.1. The first kappa shape index (κ1) is 56.3. The van der Waals surface area contributed by atoms with E-state index in [2.05, 4.69) is 271 Å². The van der Waals surface area contributed by atoms with Gasteiger partial charge in [0.25, 0.3) is 12.7 Å². The highest BCUT2D eigenvalue weighted by molar-refractivity contribution is 5.80. The molecule has 430 valence electrons. The molecule has 6 aromatic carbocycles. The molecule has 0 saturated carbocycles. The van der Waals surface area contributed by atoms with Crippen molar-refractivity contribution in [3.63, 3.8) is 0 Å². The molecule has 0 unspecified atom stereocenters. The molecule has 0 radical (unpaired) electrons. The second-order valence-electron chi connectivity index (χ2n) is 28.0. The van der Waals surface area contributed by atoms with Gasteiger partial charge in [0.1, 0.15) is 23.0 Å². The molecule has 0 spiro atoms. The minimum absolute atomic E-state index is 0.0195. The molecule has 0 bridgehead atoms. The van der Waals surface area contributed by atoms with Crippen molar-refractivity contribution in [2.24, 2.45) is 0 Å². The number of hydrogen-bond donors (Lipinski definition) is 0. The second-order valence-corrected chi connectivity index (χ2v) is 28.0. The third-order valence-corrected chi connectivity index (χ3v) is 17.7. The molecule has 2 aliphatic heterocycles.